The standard InChI is InChI=1S/C9H12N2O2/c1-5-7(4-12)3-8(9(10)13)6(2)11-5/h3,12H,4H2,1-2H3,(H2,10,13). The van der Waals surface area contributed by atoms with E-state index < -0.39 is 5.91 Å². The number of hydrogen-bond donors (Lipinski definition) is 2. The number of primary amides is 1. The molecule has 0 atom stereocenters. The lowest BCUT2D eigenvalue weighted by Crippen LogP contribution is -2.15. The van der Waals surface area contributed by atoms with Gasteiger partial charge in [0.15, 0.2) is 0 Å². The Morgan fingerprint density at radius 1 is 1.54 bits per heavy atom. The van der Waals surface area contributed by atoms with Crippen LogP contribution in [0.4, 0.5) is 0 Å². The average Bonchev–Trinajstić information content (AvgIpc) is 2.03. The monoisotopic (exact) mass is 180 g/mol. The molecule has 0 aliphatic carbocycles. The molecule has 0 aliphatic heterocycles. The summed E-state index contributed by atoms with van der Waals surface area (Å²) in [5.41, 5.74) is 7.46. The Labute approximate surface area is 76.4 Å². The summed E-state index contributed by atoms with van der Waals surface area (Å²) in [4.78, 5) is 15.0. The molecule has 0 aliphatic rings. The van der Waals surface area contributed by atoms with Crippen molar-refractivity contribution in [2.45, 2.75) is 20.5 Å². The Hall–Kier alpha value is -1.42. The van der Waals surface area contributed by atoms with E-state index in [0.717, 1.165) is 5.69 Å². The highest BCUT2D eigenvalue weighted by atomic mass is 16.3. The van der Waals surface area contributed by atoms with Crippen LogP contribution >= 0.6 is 0 Å². The maximum absolute atomic E-state index is 10.9. The molecule has 0 saturated heterocycles. The van der Waals surface area contributed by atoms with E-state index in [0.29, 0.717) is 16.8 Å². The van der Waals surface area contributed by atoms with Gasteiger partial charge in [-0.15, -0.1) is 0 Å². The maximum Gasteiger partial charge on any atom is 0.250 e. The van der Waals surface area contributed by atoms with Gasteiger partial charge in [-0.1, -0.05) is 0 Å². The summed E-state index contributed by atoms with van der Waals surface area (Å²) in [7, 11) is 0. The number of nitrogens with zero attached hydrogens (tertiary/aromatic N) is 1. The van der Waals surface area contributed by atoms with Crippen LogP contribution < -0.4 is 5.73 Å². The molecule has 13 heavy (non-hydrogen) atoms. The first-order chi connectivity index (χ1) is 6.06. The third kappa shape index (κ3) is 1.84. The summed E-state index contributed by atoms with van der Waals surface area (Å²) in [6, 6.07) is 1.58. The number of aryl methyl sites for hydroxylation is 2. The van der Waals surface area contributed by atoms with Gasteiger partial charge in [0.05, 0.1) is 17.9 Å². The zero-order chi connectivity index (χ0) is 10.0. The smallest absolute Gasteiger partial charge is 0.250 e. The van der Waals surface area contributed by atoms with Crippen LogP contribution in [0.5, 0.6) is 0 Å². The van der Waals surface area contributed by atoms with Crippen molar-refractivity contribution in [3.63, 3.8) is 0 Å². The number of carbonyl (C=O) groups excluding carboxylic acids is 1. The fourth-order valence-electron chi connectivity index (χ4n) is 1.18. The van der Waals surface area contributed by atoms with Crippen molar-refractivity contribution in [1.29, 1.82) is 0 Å². The minimum Gasteiger partial charge on any atom is -0.392 e. The molecule has 4 heteroatoms. The lowest BCUT2D eigenvalue weighted by Gasteiger charge is -2.06. The molecule has 1 aromatic heterocycles. The third-order valence-corrected chi connectivity index (χ3v) is 1.94. The second kappa shape index (κ2) is 3.53. The van der Waals surface area contributed by atoms with E-state index in [4.69, 9.17) is 10.8 Å². The summed E-state index contributed by atoms with van der Waals surface area (Å²) in [6.07, 6.45) is 0. The quantitative estimate of drug-likeness (QED) is 0.686. The number of hydrogen-bond acceptors (Lipinski definition) is 3. The van der Waals surface area contributed by atoms with Crippen LogP contribution in [-0.2, 0) is 6.61 Å². The number of carbonyl (C=O) groups is 1. The topological polar surface area (TPSA) is 76.2 Å². The molecule has 70 valence electrons. The molecule has 1 amide bonds. The Kier molecular flexibility index (Phi) is 2.63. The summed E-state index contributed by atoms with van der Waals surface area (Å²) >= 11 is 0. The van der Waals surface area contributed by atoms with E-state index in [2.05, 4.69) is 4.98 Å². The molecule has 1 rings (SSSR count). The van der Waals surface area contributed by atoms with E-state index in [1.807, 2.05) is 0 Å². The normalized spacial score (nSPS) is 10.1. The highest BCUT2D eigenvalue weighted by Gasteiger charge is 2.09. The fourth-order valence-corrected chi connectivity index (χ4v) is 1.18. The lowest BCUT2D eigenvalue weighted by molar-refractivity contribution is 0.0999. The van der Waals surface area contributed by atoms with Gasteiger partial charge >= 0.3 is 0 Å². The van der Waals surface area contributed by atoms with Gasteiger partial charge in [0.1, 0.15) is 0 Å². The number of nitrogens with two attached hydrogens (primary N) is 1. The van der Waals surface area contributed by atoms with Crippen LogP contribution in [0.1, 0.15) is 27.3 Å². The van der Waals surface area contributed by atoms with Crippen molar-refractivity contribution in [3.8, 4) is 0 Å². The number of amides is 1. The largest absolute Gasteiger partial charge is 0.392 e. The highest BCUT2D eigenvalue weighted by Crippen LogP contribution is 2.11. The minimum absolute atomic E-state index is 0.126. The number of aliphatic hydroxyl groups is 1. The second-order valence-corrected chi connectivity index (χ2v) is 2.89. The van der Waals surface area contributed by atoms with Crippen molar-refractivity contribution in [2.24, 2.45) is 5.73 Å². The third-order valence-electron chi connectivity index (χ3n) is 1.94. The molecular weight excluding hydrogens is 168 g/mol. The van der Waals surface area contributed by atoms with Crippen LogP contribution in [-0.4, -0.2) is 16.0 Å². The number of rotatable bonds is 2. The SMILES string of the molecule is Cc1nc(C)c(C(N)=O)cc1CO. The Morgan fingerprint density at radius 3 is 2.62 bits per heavy atom. The number of aromatic nitrogens is 1. The van der Waals surface area contributed by atoms with Crippen molar-refractivity contribution in [2.75, 3.05) is 0 Å². The van der Waals surface area contributed by atoms with Gasteiger partial charge in [-0.05, 0) is 25.5 Å². The molecule has 0 spiro atoms. The highest BCUT2D eigenvalue weighted by molar-refractivity contribution is 5.94. The Bertz CT molecular complexity index is 348. The van der Waals surface area contributed by atoms with Crippen LogP contribution in [0.15, 0.2) is 6.07 Å². The molecule has 0 unspecified atom stereocenters. The minimum atomic E-state index is -0.514. The van der Waals surface area contributed by atoms with Gasteiger partial charge in [-0.25, -0.2) is 0 Å². The molecule has 0 bridgehead atoms. The Balaban J connectivity index is 3.30. The van der Waals surface area contributed by atoms with Crippen LogP contribution in [0.25, 0.3) is 0 Å². The zero-order valence-electron chi connectivity index (χ0n) is 7.66. The van der Waals surface area contributed by atoms with Crippen molar-refractivity contribution in [3.05, 3.63) is 28.6 Å². The zero-order valence-corrected chi connectivity index (χ0v) is 7.66. The first kappa shape index (κ1) is 9.67. The van der Waals surface area contributed by atoms with E-state index in [1.165, 1.54) is 0 Å². The van der Waals surface area contributed by atoms with Gasteiger partial charge < -0.3 is 10.8 Å². The molecular formula is C9H12N2O2. The molecule has 4 nitrogen and oxygen atoms in total. The summed E-state index contributed by atoms with van der Waals surface area (Å²) < 4.78 is 0. The molecule has 0 saturated carbocycles. The van der Waals surface area contributed by atoms with E-state index >= 15 is 0 Å². The molecule has 0 fully saturated rings. The van der Waals surface area contributed by atoms with Gasteiger partial charge in [-0.2, -0.15) is 0 Å². The number of pyridine rings is 1. The van der Waals surface area contributed by atoms with E-state index in [-0.39, 0.29) is 6.61 Å². The second-order valence-electron chi connectivity index (χ2n) is 2.89. The maximum atomic E-state index is 10.9. The van der Waals surface area contributed by atoms with Crippen molar-refractivity contribution >= 4 is 5.91 Å². The first-order valence-electron chi connectivity index (χ1n) is 3.94. The summed E-state index contributed by atoms with van der Waals surface area (Å²) in [6.45, 7) is 3.37. The molecule has 0 radical (unpaired) electrons. The summed E-state index contributed by atoms with van der Waals surface area (Å²) in [5, 5.41) is 8.92. The molecule has 0 aromatic carbocycles. The van der Waals surface area contributed by atoms with E-state index in [9.17, 15) is 4.79 Å². The Morgan fingerprint density at radius 2 is 2.15 bits per heavy atom. The van der Waals surface area contributed by atoms with Crippen LogP contribution in [0.2, 0.25) is 0 Å². The van der Waals surface area contributed by atoms with E-state index in [1.54, 1.807) is 19.9 Å². The number of aliphatic hydroxyl groups excluding tert-OH is 1. The first-order valence-corrected chi connectivity index (χ1v) is 3.94. The van der Waals surface area contributed by atoms with Crippen molar-refractivity contribution in [1.82, 2.24) is 4.98 Å². The fraction of sp³-hybridized carbons (Fsp3) is 0.333. The van der Waals surface area contributed by atoms with Gasteiger partial charge in [0, 0.05) is 5.69 Å². The van der Waals surface area contributed by atoms with Gasteiger partial charge in [-0.3, -0.25) is 9.78 Å². The molecule has 3 N–H and O–H groups in total. The predicted molar refractivity (Wildman–Crippen MR) is 48.2 cm³/mol. The molecule has 1 aromatic rings. The van der Waals surface area contributed by atoms with Gasteiger partial charge in [0.25, 0.3) is 5.91 Å². The predicted octanol–water partition coefficient (Wildman–Crippen LogP) is 0.290. The van der Waals surface area contributed by atoms with Crippen LogP contribution in [0, 0.1) is 13.8 Å². The molecule has 1 heterocycles. The lowest BCUT2D eigenvalue weighted by atomic mass is 10.1. The van der Waals surface area contributed by atoms with Crippen LogP contribution in [0.3, 0.4) is 0 Å². The summed E-state index contributed by atoms with van der Waals surface area (Å²) in [5.74, 6) is -0.514. The average molecular weight is 180 g/mol. The van der Waals surface area contributed by atoms with Crippen molar-refractivity contribution < 1.29 is 9.90 Å². The van der Waals surface area contributed by atoms with Gasteiger partial charge in [0.2, 0.25) is 0 Å².